The van der Waals surface area contributed by atoms with Gasteiger partial charge in [-0.15, -0.1) is 6.42 Å². The third kappa shape index (κ3) is 2.10. The molecule has 0 spiro atoms. The van der Waals surface area contributed by atoms with Crippen LogP contribution in [0.4, 0.5) is 0 Å². The van der Waals surface area contributed by atoms with Crippen molar-refractivity contribution in [2.24, 2.45) is 28.6 Å². The highest BCUT2D eigenvalue weighted by atomic mass is 16.3. The molecule has 0 aromatic carbocycles. The average Bonchev–Trinajstić information content (AvgIpc) is 2.87. The second-order valence-corrected chi connectivity index (χ2v) is 9.18. The number of hydrogen-bond acceptors (Lipinski definition) is 4. The molecule has 25 heavy (non-hydrogen) atoms. The first kappa shape index (κ1) is 17.5. The number of fused-ring (bicyclic) bond motifs is 5. The lowest BCUT2D eigenvalue weighted by Gasteiger charge is -2.59. The Bertz CT molecular complexity index is 636. The second-order valence-electron chi connectivity index (χ2n) is 9.18. The van der Waals surface area contributed by atoms with Crippen LogP contribution in [0.5, 0.6) is 0 Å². The zero-order chi connectivity index (χ0) is 18.0. The Labute approximate surface area is 150 Å². The molecule has 0 saturated heterocycles. The van der Waals surface area contributed by atoms with Crippen LogP contribution in [0.1, 0.15) is 51.9 Å². The van der Waals surface area contributed by atoms with E-state index in [0.717, 1.165) is 31.3 Å². The minimum absolute atomic E-state index is 0.0206. The quantitative estimate of drug-likeness (QED) is 0.430. The minimum Gasteiger partial charge on any atom is -0.395 e. The molecule has 4 rings (SSSR count). The number of terminal acetylenes is 1. The van der Waals surface area contributed by atoms with Gasteiger partial charge in [0.05, 0.1) is 18.8 Å². The van der Waals surface area contributed by atoms with E-state index in [4.69, 9.17) is 6.42 Å². The lowest BCUT2D eigenvalue weighted by atomic mass is 9.46. The molecule has 0 radical (unpaired) electrons. The van der Waals surface area contributed by atoms with Gasteiger partial charge in [-0.1, -0.05) is 24.5 Å². The third-order valence-electron chi connectivity index (χ3n) is 8.50. The predicted octanol–water partition coefficient (Wildman–Crippen LogP) is 1.62. The van der Waals surface area contributed by atoms with E-state index in [0.29, 0.717) is 19.3 Å². The minimum atomic E-state index is -1.10. The summed E-state index contributed by atoms with van der Waals surface area (Å²) in [5.74, 6) is 3.03. The molecule has 3 unspecified atom stereocenters. The van der Waals surface area contributed by atoms with Crippen molar-refractivity contribution in [1.29, 1.82) is 0 Å². The fraction of sp³-hybridized carbons (Fsp3) is 0.810. The maximum atomic E-state index is 11.0. The van der Waals surface area contributed by atoms with Crippen LogP contribution < -0.4 is 0 Å². The lowest BCUT2D eigenvalue weighted by molar-refractivity contribution is -0.134. The molecular formula is C21H30O4. The van der Waals surface area contributed by atoms with Crippen LogP contribution >= 0.6 is 0 Å². The first-order valence-corrected chi connectivity index (χ1v) is 9.70. The SMILES string of the molecule is C#C[C@]1(O)CCC2C3C(CC[C@@]21C)[C@@]1(CO)CC[C@H](O)CC1=C[C@@H]3O. The lowest BCUT2D eigenvalue weighted by Crippen LogP contribution is -2.58. The average molecular weight is 346 g/mol. The topological polar surface area (TPSA) is 80.9 Å². The van der Waals surface area contributed by atoms with Crippen molar-refractivity contribution >= 4 is 0 Å². The van der Waals surface area contributed by atoms with E-state index in [1.54, 1.807) is 0 Å². The van der Waals surface area contributed by atoms with Crippen LogP contribution in [-0.2, 0) is 0 Å². The molecular weight excluding hydrogens is 316 g/mol. The number of rotatable bonds is 1. The molecule has 3 saturated carbocycles. The van der Waals surface area contributed by atoms with Gasteiger partial charge in [0.2, 0.25) is 0 Å². The Morgan fingerprint density at radius 1 is 1.16 bits per heavy atom. The van der Waals surface area contributed by atoms with Gasteiger partial charge < -0.3 is 20.4 Å². The molecule has 0 aliphatic heterocycles. The Hall–Kier alpha value is -0.860. The van der Waals surface area contributed by atoms with E-state index in [9.17, 15) is 20.4 Å². The van der Waals surface area contributed by atoms with Crippen molar-refractivity contribution in [3.63, 3.8) is 0 Å². The summed E-state index contributed by atoms with van der Waals surface area (Å²) in [6.07, 6.45) is 11.7. The highest BCUT2D eigenvalue weighted by Crippen LogP contribution is 2.66. The zero-order valence-electron chi connectivity index (χ0n) is 15.0. The Morgan fingerprint density at radius 2 is 1.88 bits per heavy atom. The van der Waals surface area contributed by atoms with Crippen molar-refractivity contribution in [3.05, 3.63) is 11.6 Å². The van der Waals surface area contributed by atoms with Gasteiger partial charge in [-0.3, -0.25) is 0 Å². The van der Waals surface area contributed by atoms with Crippen LogP contribution in [0.3, 0.4) is 0 Å². The highest BCUT2D eigenvalue weighted by Gasteiger charge is 2.65. The normalized spacial score (nSPS) is 54.7. The van der Waals surface area contributed by atoms with Crippen LogP contribution in [0.25, 0.3) is 0 Å². The Kier molecular flexibility index (Phi) is 3.91. The van der Waals surface area contributed by atoms with Crippen molar-refractivity contribution in [1.82, 2.24) is 0 Å². The van der Waals surface area contributed by atoms with E-state index in [2.05, 4.69) is 12.8 Å². The first-order chi connectivity index (χ1) is 11.8. The molecule has 4 N–H and O–H groups in total. The number of hydrogen-bond donors (Lipinski definition) is 4. The van der Waals surface area contributed by atoms with Gasteiger partial charge in [0.15, 0.2) is 0 Å². The number of aliphatic hydroxyl groups excluding tert-OH is 3. The van der Waals surface area contributed by atoms with Crippen molar-refractivity contribution in [3.8, 4) is 12.3 Å². The molecule has 8 atom stereocenters. The van der Waals surface area contributed by atoms with Crippen LogP contribution in [0.15, 0.2) is 11.6 Å². The molecule has 3 fully saturated rings. The highest BCUT2D eigenvalue weighted by molar-refractivity contribution is 5.31. The van der Waals surface area contributed by atoms with Gasteiger partial charge in [-0.05, 0) is 62.7 Å². The van der Waals surface area contributed by atoms with Crippen LogP contribution in [-0.4, -0.2) is 44.8 Å². The zero-order valence-corrected chi connectivity index (χ0v) is 15.0. The summed E-state index contributed by atoms with van der Waals surface area (Å²) in [5, 5.41) is 42.4. The molecule has 4 nitrogen and oxygen atoms in total. The number of aliphatic hydroxyl groups is 4. The van der Waals surface area contributed by atoms with Gasteiger partial charge >= 0.3 is 0 Å². The molecule has 4 heteroatoms. The molecule has 138 valence electrons. The fourth-order valence-electron chi connectivity index (χ4n) is 6.99. The maximum absolute atomic E-state index is 11.0. The summed E-state index contributed by atoms with van der Waals surface area (Å²) in [4.78, 5) is 0. The summed E-state index contributed by atoms with van der Waals surface area (Å²) in [7, 11) is 0. The van der Waals surface area contributed by atoms with Crippen molar-refractivity contribution in [2.75, 3.05) is 6.61 Å². The Morgan fingerprint density at radius 3 is 2.56 bits per heavy atom. The van der Waals surface area contributed by atoms with Gasteiger partial charge in [0.1, 0.15) is 5.60 Å². The van der Waals surface area contributed by atoms with E-state index < -0.39 is 11.7 Å². The molecule has 4 aliphatic rings. The summed E-state index contributed by atoms with van der Waals surface area (Å²) in [6, 6.07) is 0. The van der Waals surface area contributed by atoms with Gasteiger partial charge in [-0.25, -0.2) is 0 Å². The van der Waals surface area contributed by atoms with Gasteiger partial charge in [-0.2, -0.15) is 0 Å². The maximum Gasteiger partial charge on any atom is 0.130 e. The van der Waals surface area contributed by atoms with Crippen LogP contribution in [0.2, 0.25) is 0 Å². The van der Waals surface area contributed by atoms with Crippen LogP contribution in [0, 0.1) is 40.9 Å². The second kappa shape index (κ2) is 5.57. The molecule has 4 aliphatic carbocycles. The van der Waals surface area contributed by atoms with E-state index in [1.165, 1.54) is 0 Å². The molecule has 0 aromatic heterocycles. The summed E-state index contributed by atoms with van der Waals surface area (Å²) in [5.41, 5.74) is -0.751. The molecule has 0 aromatic rings. The van der Waals surface area contributed by atoms with E-state index in [-0.39, 0.29) is 41.3 Å². The smallest absolute Gasteiger partial charge is 0.130 e. The monoisotopic (exact) mass is 346 g/mol. The molecule has 0 bridgehead atoms. The molecule has 0 amide bonds. The fourth-order valence-corrected chi connectivity index (χ4v) is 6.99. The third-order valence-corrected chi connectivity index (χ3v) is 8.50. The van der Waals surface area contributed by atoms with E-state index in [1.807, 2.05) is 6.08 Å². The predicted molar refractivity (Wildman–Crippen MR) is 94.3 cm³/mol. The molecule has 0 heterocycles. The van der Waals surface area contributed by atoms with Crippen molar-refractivity contribution < 1.29 is 20.4 Å². The standard InChI is InChI=1S/C21H30O4/c1-3-21(25)9-6-15-18-16(5-7-19(15,21)2)20(12-22)8-4-14(23)10-13(20)11-17(18)24/h1,11,14-18,22-25H,4-10,12H2,2H3/t14-,15?,16?,17-,18?,19-,20+,21-/m0/s1. The Balaban J connectivity index is 1.77. The van der Waals surface area contributed by atoms with Crippen molar-refractivity contribution in [2.45, 2.75) is 69.7 Å². The largest absolute Gasteiger partial charge is 0.395 e. The first-order valence-electron chi connectivity index (χ1n) is 9.70. The summed E-state index contributed by atoms with van der Waals surface area (Å²) < 4.78 is 0. The van der Waals surface area contributed by atoms with E-state index >= 15 is 0 Å². The van der Waals surface area contributed by atoms with Gasteiger partial charge in [0.25, 0.3) is 0 Å². The summed E-state index contributed by atoms with van der Waals surface area (Å²) >= 11 is 0. The van der Waals surface area contributed by atoms with Gasteiger partial charge in [0, 0.05) is 10.8 Å². The summed E-state index contributed by atoms with van der Waals surface area (Å²) in [6.45, 7) is 2.16.